The molecule has 0 aliphatic rings. The molecule has 0 aliphatic carbocycles. The summed E-state index contributed by atoms with van der Waals surface area (Å²) in [4.78, 5) is 15.7. The van der Waals surface area contributed by atoms with E-state index in [9.17, 15) is 4.79 Å². The summed E-state index contributed by atoms with van der Waals surface area (Å²) < 4.78 is 4.72. The fraction of sp³-hybridized carbons (Fsp3) is 0.294. The fourth-order valence-electron chi connectivity index (χ4n) is 2.31. The van der Waals surface area contributed by atoms with E-state index in [0.29, 0.717) is 11.4 Å². The van der Waals surface area contributed by atoms with Gasteiger partial charge in [-0.2, -0.15) is 0 Å². The number of hydrogen-bond acceptors (Lipinski definition) is 3. The van der Waals surface area contributed by atoms with Gasteiger partial charge in [-0.05, 0) is 36.1 Å². The first-order valence-electron chi connectivity index (χ1n) is 6.80. The van der Waals surface area contributed by atoms with Crippen molar-refractivity contribution in [2.24, 2.45) is 0 Å². The molecule has 0 saturated heterocycles. The van der Waals surface area contributed by atoms with Crippen LogP contribution in [0.5, 0.6) is 0 Å². The monoisotopic (exact) mass is 303 g/mol. The molecule has 0 saturated carbocycles. The number of esters is 1. The number of carbonyl (C=O) groups is 1. The highest BCUT2D eigenvalue weighted by atomic mass is 35.5. The summed E-state index contributed by atoms with van der Waals surface area (Å²) in [5, 5.41) is 0.703. The van der Waals surface area contributed by atoms with Crippen LogP contribution in [0.25, 0.3) is 11.1 Å². The Morgan fingerprint density at radius 2 is 2.14 bits per heavy atom. The minimum Gasteiger partial charge on any atom is -0.469 e. The molecule has 0 fully saturated rings. The van der Waals surface area contributed by atoms with Crippen molar-refractivity contribution in [2.45, 2.75) is 26.2 Å². The minimum atomic E-state index is -0.221. The van der Waals surface area contributed by atoms with Crippen molar-refractivity contribution in [3.63, 3.8) is 0 Å². The Labute approximate surface area is 129 Å². The van der Waals surface area contributed by atoms with Crippen molar-refractivity contribution in [1.82, 2.24) is 4.98 Å². The number of halogens is 1. The van der Waals surface area contributed by atoms with Gasteiger partial charge in [0.1, 0.15) is 0 Å². The van der Waals surface area contributed by atoms with Crippen molar-refractivity contribution < 1.29 is 9.53 Å². The summed E-state index contributed by atoms with van der Waals surface area (Å²) in [6, 6.07) is 7.85. The average Bonchev–Trinajstić information content (AvgIpc) is 2.47. The van der Waals surface area contributed by atoms with Gasteiger partial charge >= 0.3 is 5.97 Å². The maximum absolute atomic E-state index is 11.4. The summed E-state index contributed by atoms with van der Waals surface area (Å²) in [5.41, 5.74) is 4.05. The molecule has 1 atom stereocenters. The molecule has 0 bridgehead atoms. The van der Waals surface area contributed by atoms with Crippen molar-refractivity contribution in [2.75, 3.05) is 7.11 Å². The van der Waals surface area contributed by atoms with E-state index in [1.807, 2.05) is 38.1 Å². The topological polar surface area (TPSA) is 39.2 Å². The van der Waals surface area contributed by atoms with E-state index in [4.69, 9.17) is 16.3 Å². The lowest BCUT2D eigenvalue weighted by Gasteiger charge is -2.13. The summed E-state index contributed by atoms with van der Waals surface area (Å²) >= 11 is 6.30. The quantitative estimate of drug-likeness (QED) is 0.787. The standard InChI is InChI=1S/C17H18ClNO2/c1-11-5-4-6-15(18)17(11)14-8-13(9-19-10-14)12(2)7-16(20)21-3/h4-6,8-10,12H,7H2,1-3H3/t12-/m0/s1. The van der Waals surface area contributed by atoms with Crippen LogP contribution in [0.15, 0.2) is 36.7 Å². The first-order valence-corrected chi connectivity index (χ1v) is 7.18. The van der Waals surface area contributed by atoms with Crippen LogP contribution in [0.1, 0.15) is 30.4 Å². The molecule has 0 radical (unpaired) electrons. The second kappa shape index (κ2) is 6.72. The highest BCUT2D eigenvalue weighted by Gasteiger charge is 2.14. The van der Waals surface area contributed by atoms with Crippen LogP contribution >= 0.6 is 11.6 Å². The molecule has 21 heavy (non-hydrogen) atoms. The lowest BCUT2D eigenvalue weighted by Crippen LogP contribution is -2.06. The molecule has 0 amide bonds. The highest BCUT2D eigenvalue weighted by molar-refractivity contribution is 6.33. The molecule has 0 unspecified atom stereocenters. The Balaban J connectivity index is 2.36. The Bertz CT molecular complexity index is 635. The molecule has 1 heterocycles. The number of aryl methyl sites for hydroxylation is 1. The first-order chi connectivity index (χ1) is 10.0. The predicted molar refractivity (Wildman–Crippen MR) is 84.5 cm³/mol. The summed E-state index contributed by atoms with van der Waals surface area (Å²) in [5.74, 6) is -0.172. The molecule has 1 aromatic heterocycles. The first kappa shape index (κ1) is 15.5. The SMILES string of the molecule is COC(=O)C[C@H](C)c1cncc(-c2c(C)cccc2Cl)c1. The lowest BCUT2D eigenvalue weighted by atomic mass is 9.95. The third-order valence-corrected chi connectivity index (χ3v) is 3.85. The maximum Gasteiger partial charge on any atom is 0.306 e. The molecular formula is C17H18ClNO2. The van der Waals surface area contributed by atoms with E-state index in [2.05, 4.69) is 4.98 Å². The van der Waals surface area contributed by atoms with Crippen LogP contribution in [-0.4, -0.2) is 18.1 Å². The van der Waals surface area contributed by atoms with Crippen LogP contribution < -0.4 is 0 Å². The molecule has 0 aliphatic heterocycles. The number of ether oxygens (including phenoxy) is 1. The number of hydrogen-bond donors (Lipinski definition) is 0. The van der Waals surface area contributed by atoms with Crippen LogP contribution in [0.3, 0.4) is 0 Å². The van der Waals surface area contributed by atoms with Crippen LogP contribution in [0.4, 0.5) is 0 Å². The lowest BCUT2D eigenvalue weighted by molar-refractivity contribution is -0.140. The van der Waals surface area contributed by atoms with Crippen molar-refractivity contribution >= 4 is 17.6 Å². The van der Waals surface area contributed by atoms with E-state index < -0.39 is 0 Å². The number of benzene rings is 1. The third-order valence-electron chi connectivity index (χ3n) is 3.54. The predicted octanol–water partition coefficient (Wildman–Crippen LogP) is 4.38. The van der Waals surface area contributed by atoms with Gasteiger partial charge in [-0.1, -0.05) is 30.7 Å². The van der Waals surface area contributed by atoms with Gasteiger partial charge < -0.3 is 4.74 Å². The van der Waals surface area contributed by atoms with Gasteiger partial charge in [0.05, 0.1) is 13.5 Å². The van der Waals surface area contributed by atoms with Crippen LogP contribution in [0.2, 0.25) is 5.02 Å². The summed E-state index contributed by atoms with van der Waals surface area (Å²) in [6.07, 6.45) is 3.91. The molecule has 110 valence electrons. The number of carbonyl (C=O) groups excluding carboxylic acids is 1. The molecule has 0 N–H and O–H groups in total. The highest BCUT2D eigenvalue weighted by Crippen LogP contribution is 2.32. The van der Waals surface area contributed by atoms with Gasteiger partial charge in [0, 0.05) is 28.5 Å². The Morgan fingerprint density at radius 1 is 1.38 bits per heavy atom. The Morgan fingerprint density at radius 3 is 2.81 bits per heavy atom. The molecule has 3 nitrogen and oxygen atoms in total. The minimum absolute atomic E-state index is 0.0488. The van der Waals surface area contributed by atoms with E-state index >= 15 is 0 Å². The molecular weight excluding hydrogens is 286 g/mol. The van der Waals surface area contributed by atoms with Gasteiger partial charge in [0.2, 0.25) is 0 Å². The third kappa shape index (κ3) is 3.61. The van der Waals surface area contributed by atoms with Crippen molar-refractivity contribution in [3.05, 3.63) is 52.8 Å². The van der Waals surface area contributed by atoms with E-state index in [-0.39, 0.29) is 11.9 Å². The maximum atomic E-state index is 11.4. The van der Waals surface area contributed by atoms with Crippen LogP contribution in [0, 0.1) is 6.92 Å². The summed E-state index contributed by atoms with van der Waals surface area (Å²) in [7, 11) is 1.40. The van der Waals surface area contributed by atoms with Gasteiger partial charge in [-0.15, -0.1) is 0 Å². The smallest absolute Gasteiger partial charge is 0.306 e. The molecule has 4 heteroatoms. The van der Waals surface area contributed by atoms with Crippen LogP contribution in [-0.2, 0) is 9.53 Å². The van der Waals surface area contributed by atoms with Gasteiger partial charge in [0.25, 0.3) is 0 Å². The zero-order valence-electron chi connectivity index (χ0n) is 12.4. The van der Waals surface area contributed by atoms with Crippen molar-refractivity contribution in [3.8, 4) is 11.1 Å². The number of aromatic nitrogens is 1. The number of nitrogens with zero attached hydrogens (tertiary/aromatic N) is 1. The van der Waals surface area contributed by atoms with Gasteiger partial charge in [0.15, 0.2) is 0 Å². The Kier molecular flexibility index (Phi) is 4.97. The fourth-order valence-corrected chi connectivity index (χ4v) is 2.64. The average molecular weight is 304 g/mol. The molecule has 1 aromatic carbocycles. The Hall–Kier alpha value is -1.87. The van der Waals surface area contributed by atoms with E-state index in [1.54, 1.807) is 12.4 Å². The second-order valence-corrected chi connectivity index (χ2v) is 5.53. The van der Waals surface area contributed by atoms with Crippen molar-refractivity contribution in [1.29, 1.82) is 0 Å². The number of pyridine rings is 1. The largest absolute Gasteiger partial charge is 0.469 e. The van der Waals surface area contributed by atoms with E-state index in [0.717, 1.165) is 22.3 Å². The molecule has 2 rings (SSSR count). The number of methoxy groups -OCH3 is 1. The summed E-state index contributed by atoms with van der Waals surface area (Å²) in [6.45, 7) is 4.00. The molecule has 0 spiro atoms. The molecule has 2 aromatic rings. The van der Waals surface area contributed by atoms with E-state index in [1.165, 1.54) is 7.11 Å². The number of rotatable bonds is 4. The zero-order chi connectivity index (χ0) is 15.4. The zero-order valence-corrected chi connectivity index (χ0v) is 13.1. The normalized spacial score (nSPS) is 12.0. The van der Waals surface area contributed by atoms with Gasteiger partial charge in [-0.3, -0.25) is 9.78 Å². The second-order valence-electron chi connectivity index (χ2n) is 5.12. The van der Waals surface area contributed by atoms with Gasteiger partial charge in [-0.25, -0.2) is 0 Å².